The molecule has 1 aromatic rings. The minimum Gasteiger partial charge on any atom is -0.465 e. The van der Waals surface area contributed by atoms with E-state index in [9.17, 15) is 9.36 Å². The Hall–Kier alpha value is -1.16. The molecule has 0 saturated heterocycles. The second-order valence-corrected chi connectivity index (χ2v) is 6.92. The molecule has 0 N–H and O–H groups in total. The molecule has 0 aliphatic rings. The van der Waals surface area contributed by atoms with Gasteiger partial charge in [-0.3, -0.25) is 9.36 Å². The van der Waals surface area contributed by atoms with Crippen molar-refractivity contribution in [3.8, 4) is 0 Å². The maximum Gasteiger partial charge on any atom is 0.345 e. The van der Waals surface area contributed by atoms with E-state index in [4.69, 9.17) is 13.8 Å². The lowest BCUT2D eigenvalue weighted by atomic mass is 9.97. The van der Waals surface area contributed by atoms with E-state index in [1.54, 1.807) is 20.8 Å². The highest BCUT2D eigenvalue weighted by molar-refractivity contribution is 7.55. The molecule has 1 rings (SSSR count). The van der Waals surface area contributed by atoms with Crippen molar-refractivity contribution in [2.45, 2.75) is 39.3 Å². The van der Waals surface area contributed by atoms with E-state index in [-0.39, 0.29) is 25.7 Å². The zero-order valence-electron chi connectivity index (χ0n) is 13.7. The molecule has 5 nitrogen and oxygen atoms in total. The van der Waals surface area contributed by atoms with Crippen molar-refractivity contribution in [1.82, 2.24) is 0 Å². The third kappa shape index (κ3) is 4.67. The summed E-state index contributed by atoms with van der Waals surface area (Å²) < 4.78 is 29.0. The van der Waals surface area contributed by atoms with E-state index < -0.39 is 19.2 Å². The van der Waals surface area contributed by atoms with E-state index in [2.05, 4.69) is 0 Å². The number of ether oxygens (including phenoxy) is 1. The van der Waals surface area contributed by atoms with Crippen LogP contribution in [-0.4, -0.2) is 31.4 Å². The van der Waals surface area contributed by atoms with Gasteiger partial charge in [0.05, 0.1) is 19.8 Å². The van der Waals surface area contributed by atoms with Crippen LogP contribution < -0.4 is 0 Å². The first-order valence-corrected chi connectivity index (χ1v) is 9.21. The fourth-order valence-electron chi connectivity index (χ4n) is 2.33. The quantitative estimate of drug-likeness (QED) is 0.507. The van der Waals surface area contributed by atoms with Crippen molar-refractivity contribution in [2.75, 3.05) is 19.8 Å². The number of rotatable bonds is 9. The number of esters is 1. The first-order valence-electron chi connectivity index (χ1n) is 7.60. The van der Waals surface area contributed by atoms with Gasteiger partial charge in [-0.2, -0.15) is 0 Å². The molecule has 1 aromatic carbocycles. The monoisotopic (exact) mass is 328 g/mol. The molecule has 0 aromatic heterocycles. The second-order valence-electron chi connectivity index (χ2n) is 4.77. The molecule has 22 heavy (non-hydrogen) atoms. The average Bonchev–Trinajstić information content (AvgIpc) is 2.49. The summed E-state index contributed by atoms with van der Waals surface area (Å²) in [5.74, 6) is -0.895. The van der Waals surface area contributed by atoms with E-state index in [0.29, 0.717) is 0 Å². The van der Waals surface area contributed by atoms with Gasteiger partial charge in [0.1, 0.15) is 0 Å². The average molecular weight is 328 g/mol. The SMILES string of the molecule is CCOC(=O)[C@@H]([C@@H](C)c1ccccc1)P(=O)(OCC)OCC. The van der Waals surface area contributed by atoms with Gasteiger partial charge in [0.15, 0.2) is 5.66 Å². The molecule has 0 unspecified atom stereocenters. The van der Waals surface area contributed by atoms with Crippen molar-refractivity contribution in [3.63, 3.8) is 0 Å². The predicted molar refractivity (Wildman–Crippen MR) is 86.1 cm³/mol. The molecule has 0 bridgehead atoms. The highest BCUT2D eigenvalue weighted by atomic mass is 31.2. The zero-order chi connectivity index (χ0) is 16.6. The number of hydrogen-bond acceptors (Lipinski definition) is 5. The van der Waals surface area contributed by atoms with Gasteiger partial charge < -0.3 is 13.8 Å². The van der Waals surface area contributed by atoms with Crippen LogP contribution in [0.5, 0.6) is 0 Å². The molecule has 2 atom stereocenters. The van der Waals surface area contributed by atoms with Gasteiger partial charge in [0.2, 0.25) is 0 Å². The molecule has 0 amide bonds. The summed E-state index contributed by atoms with van der Waals surface area (Å²) in [6.07, 6.45) is 0. The second kappa shape index (κ2) is 9.09. The van der Waals surface area contributed by atoms with Crippen molar-refractivity contribution >= 4 is 13.6 Å². The Balaban J connectivity index is 3.22. The Bertz CT molecular complexity index is 493. The molecule has 0 heterocycles. The summed E-state index contributed by atoms with van der Waals surface area (Å²) in [4.78, 5) is 12.4. The Morgan fingerprint density at radius 2 is 1.59 bits per heavy atom. The Labute approximate surface area is 132 Å². The van der Waals surface area contributed by atoms with Gasteiger partial charge in [-0.05, 0) is 26.3 Å². The van der Waals surface area contributed by atoms with Crippen LogP contribution in [-0.2, 0) is 23.1 Å². The van der Waals surface area contributed by atoms with Crippen molar-refractivity contribution < 1.29 is 23.1 Å². The maximum absolute atomic E-state index is 13.1. The minimum atomic E-state index is -3.61. The molecule has 0 radical (unpaired) electrons. The third-order valence-electron chi connectivity index (χ3n) is 3.29. The van der Waals surface area contributed by atoms with E-state index in [1.165, 1.54) is 0 Å². The molecule has 0 fully saturated rings. The molecule has 124 valence electrons. The zero-order valence-corrected chi connectivity index (χ0v) is 14.5. The van der Waals surface area contributed by atoms with Gasteiger partial charge in [-0.1, -0.05) is 37.3 Å². The van der Waals surface area contributed by atoms with E-state index in [0.717, 1.165) is 5.56 Å². The largest absolute Gasteiger partial charge is 0.465 e. The molecular weight excluding hydrogens is 303 g/mol. The number of carbonyl (C=O) groups is 1. The lowest BCUT2D eigenvalue weighted by molar-refractivity contribution is -0.143. The normalized spacial score (nSPS) is 14.4. The number of benzene rings is 1. The first kappa shape index (κ1) is 18.9. The van der Waals surface area contributed by atoms with E-state index >= 15 is 0 Å². The summed E-state index contributed by atoms with van der Waals surface area (Å²) in [6.45, 7) is 7.62. The molecule has 0 saturated carbocycles. The number of hydrogen-bond donors (Lipinski definition) is 0. The van der Waals surface area contributed by atoms with Crippen LogP contribution in [0.3, 0.4) is 0 Å². The fourth-order valence-corrected chi connectivity index (χ4v) is 4.50. The van der Waals surface area contributed by atoms with Crippen LogP contribution in [0, 0.1) is 0 Å². The van der Waals surface area contributed by atoms with Crippen molar-refractivity contribution in [3.05, 3.63) is 35.9 Å². The van der Waals surface area contributed by atoms with Gasteiger partial charge >= 0.3 is 13.6 Å². The van der Waals surface area contributed by atoms with Crippen molar-refractivity contribution in [2.24, 2.45) is 0 Å². The minimum absolute atomic E-state index is 0.203. The fraction of sp³-hybridized carbons (Fsp3) is 0.562. The topological polar surface area (TPSA) is 61.8 Å². The Morgan fingerprint density at radius 3 is 2.05 bits per heavy atom. The van der Waals surface area contributed by atoms with Gasteiger partial charge in [0.25, 0.3) is 0 Å². The molecule has 6 heteroatoms. The van der Waals surface area contributed by atoms with Crippen LogP contribution in [0.4, 0.5) is 0 Å². The maximum atomic E-state index is 13.1. The molecule has 0 aliphatic carbocycles. The van der Waals surface area contributed by atoms with Gasteiger partial charge in [-0.25, -0.2) is 0 Å². The highest BCUT2D eigenvalue weighted by Crippen LogP contribution is 2.57. The first-order chi connectivity index (χ1) is 10.5. The van der Waals surface area contributed by atoms with Crippen LogP contribution in [0.15, 0.2) is 30.3 Å². The summed E-state index contributed by atoms with van der Waals surface area (Å²) in [5.41, 5.74) is -0.0880. The van der Waals surface area contributed by atoms with E-state index in [1.807, 2.05) is 37.3 Å². The highest BCUT2D eigenvalue weighted by Gasteiger charge is 2.46. The number of carbonyl (C=O) groups excluding carboxylic acids is 1. The van der Waals surface area contributed by atoms with Crippen LogP contribution in [0.1, 0.15) is 39.2 Å². The van der Waals surface area contributed by atoms with Gasteiger partial charge in [0, 0.05) is 5.92 Å². The van der Waals surface area contributed by atoms with Gasteiger partial charge in [-0.15, -0.1) is 0 Å². The molecule has 0 aliphatic heterocycles. The standard InChI is InChI=1S/C16H25O5P/c1-5-19-16(17)15(22(18,20-6-2)21-7-3)13(4)14-11-9-8-10-12-14/h8-13,15H,5-7H2,1-4H3/t13-,15+/m0/s1. The lowest BCUT2D eigenvalue weighted by Gasteiger charge is -2.29. The summed E-state index contributed by atoms with van der Waals surface area (Å²) in [7, 11) is -3.61. The molecular formula is C16H25O5P. The third-order valence-corrected chi connectivity index (χ3v) is 5.86. The smallest absolute Gasteiger partial charge is 0.345 e. The Morgan fingerprint density at radius 1 is 1.05 bits per heavy atom. The summed E-state index contributed by atoms with van der Waals surface area (Å²) in [6, 6.07) is 9.42. The Kier molecular flexibility index (Phi) is 7.80. The summed E-state index contributed by atoms with van der Waals surface area (Å²) in [5, 5.41) is 0. The predicted octanol–water partition coefficient (Wildman–Crippen LogP) is 3.99. The van der Waals surface area contributed by atoms with Crippen molar-refractivity contribution in [1.29, 1.82) is 0 Å². The summed E-state index contributed by atoms with van der Waals surface area (Å²) >= 11 is 0. The van der Waals surface area contributed by atoms with Crippen LogP contribution in [0.25, 0.3) is 0 Å². The molecule has 0 spiro atoms. The van der Waals surface area contributed by atoms with Crippen LogP contribution >= 0.6 is 7.60 Å². The van der Waals surface area contributed by atoms with Crippen LogP contribution in [0.2, 0.25) is 0 Å². The lowest BCUT2D eigenvalue weighted by Crippen LogP contribution is -2.31.